The van der Waals surface area contributed by atoms with E-state index in [2.05, 4.69) is 27.3 Å². The molecule has 1 fully saturated rings. The highest BCUT2D eigenvalue weighted by Gasteiger charge is 2.33. The van der Waals surface area contributed by atoms with Gasteiger partial charge in [0.1, 0.15) is 5.75 Å². The molecule has 2 heterocycles. The molecule has 1 aromatic carbocycles. The van der Waals surface area contributed by atoms with Gasteiger partial charge in [-0.05, 0) is 43.5 Å². The molecule has 0 saturated carbocycles. The summed E-state index contributed by atoms with van der Waals surface area (Å²) in [6, 6.07) is 14.0. The molecule has 5 nitrogen and oxygen atoms in total. The SMILES string of the molecule is COc1ccccc1CN1CCCC(C(NC(=O)C(C)(C)C)c2ccccn2)C1. The van der Waals surface area contributed by atoms with Crippen molar-refractivity contribution in [2.24, 2.45) is 11.3 Å². The molecule has 5 heteroatoms. The number of likely N-dealkylation sites (tertiary alicyclic amines) is 1. The van der Waals surface area contributed by atoms with E-state index in [0.717, 1.165) is 43.9 Å². The molecule has 1 amide bonds. The number of benzene rings is 1. The highest BCUT2D eigenvalue weighted by atomic mass is 16.5. The second kappa shape index (κ2) is 9.40. The molecule has 2 atom stereocenters. The van der Waals surface area contributed by atoms with Crippen LogP contribution in [0.3, 0.4) is 0 Å². The number of nitrogens with zero attached hydrogens (tertiary/aromatic N) is 2. The van der Waals surface area contributed by atoms with E-state index in [1.165, 1.54) is 5.56 Å². The number of aromatic nitrogens is 1. The highest BCUT2D eigenvalue weighted by Crippen LogP contribution is 2.31. The average Bonchev–Trinajstić information content (AvgIpc) is 2.72. The van der Waals surface area contributed by atoms with Crippen molar-refractivity contribution in [2.45, 2.75) is 46.2 Å². The lowest BCUT2D eigenvalue weighted by Gasteiger charge is -2.38. The molecule has 1 saturated heterocycles. The van der Waals surface area contributed by atoms with Crippen LogP contribution in [0.4, 0.5) is 0 Å². The summed E-state index contributed by atoms with van der Waals surface area (Å²) >= 11 is 0. The van der Waals surface area contributed by atoms with Crippen LogP contribution in [-0.4, -0.2) is 36.0 Å². The van der Waals surface area contributed by atoms with Crippen molar-refractivity contribution in [3.05, 3.63) is 59.9 Å². The Morgan fingerprint density at radius 3 is 2.69 bits per heavy atom. The third-order valence-corrected chi connectivity index (χ3v) is 5.57. The first-order valence-corrected chi connectivity index (χ1v) is 10.4. The topological polar surface area (TPSA) is 54.5 Å². The summed E-state index contributed by atoms with van der Waals surface area (Å²) in [5.41, 5.74) is 1.71. The van der Waals surface area contributed by atoms with Gasteiger partial charge in [-0.1, -0.05) is 45.0 Å². The molecule has 0 aliphatic carbocycles. The number of carbonyl (C=O) groups is 1. The van der Waals surface area contributed by atoms with Crippen LogP contribution in [-0.2, 0) is 11.3 Å². The molecule has 2 unspecified atom stereocenters. The van der Waals surface area contributed by atoms with Crippen LogP contribution in [0.5, 0.6) is 5.75 Å². The minimum absolute atomic E-state index is 0.0648. The summed E-state index contributed by atoms with van der Waals surface area (Å²) in [7, 11) is 1.72. The Kier molecular flexibility index (Phi) is 6.91. The lowest BCUT2D eigenvalue weighted by Crippen LogP contribution is -2.45. The fourth-order valence-corrected chi connectivity index (χ4v) is 3.93. The zero-order valence-electron chi connectivity index (χ0n) is 18.0. The van der Waals surface area contributed by atoms with Gasteiger partial charge in [0.05, 0.1) is 18.8 Å². The fraction of sp³-hybridized carbons (Fsp3) is 0.500. The van der Waals surface area contributed by atoms with E-state index in [1.807, 2.05) is 51.1 Å². The van der Waals surface area contributed by atoms with Crippen LogP contribution >= 0.6 is 0 Å². The molecule has 1 aromatic heterocycles. The van der Waals surface area contributed by atoms with E-state index >= 15 is 0 Å². The number of carbonyl (C=O) groups excluding carboxylic acids is 1. The normalized spacial score (nSPS) is 18.8. The van der Waals surface area contributed by atoms with Gasteiger partial charge in [0, 0.05) is 30.3 Å². The Morgan fingerprint density at radius 2 is 2.00 bits per heavy atom. The summed E-state index contributed by atoms with van der Waals surface area (Å²) in [4.78, 5) is 19.8. The predicted octanol–water partition coefficient (Wildman–Crippen LogP) is 4.21. The molecule has 1 aliphatic rings. The molecule has 0 bridgehead atoms. The van der Waals surface area contributed by atoms with Crippen molar-refractivity contribution >= 4 is 5.91 Å². The van der Waals surface area contributed by atoms with Gasteiger partial charge in [-0.2, -0.15) is 0 Å². The van der Waals surface area contributed by atoms with E-state index in [0.29, 0.717) is 5.92 Å². The number of methoxy groups -OCH3 is 1. The molecule has 156 valence electrons. The molecule has 0 spiro atoms. The van der Waals surface area contributed by atoms with Gasteiger partial charge >= 0.3 is 0 Å². The Labute approximate surface area is 174 Å². The lowest BCUT2D eigenvalue weighted by molar-refractivity contribution is -0.130. The molecule has 2 aromatic rings. The van der Waals surface area contributed by atoms with Gasteiger partial charge in [0.15, 0.2) is 0 Å². The van der Waals surface area contributed by atoms with Gasteiger partial charge in [-0.25, -0.2) is 0 Å². The van der Waals surface area contributed by atoms with Crippen molar-refractivity contribution in [2.75, 3.05) is 20.2 Å². The molecular weight excluding hydrogens is 362 g/mol. The van der Waals surface area contributed by atoms with Crippen LogP contribution in [0.15, 0.2) is 48.7 Å². The third kappa shape index (κ3) is 5.57. The Balaban J connectivity index is 1.78. The number of pyridine rings is 1. The largest absolute Gasteiger partial charge is 0.496 e. The number of amides is 1. The molecule has 1 N–H and O–H groups in total. The number of ether oxygens (including phenoxy) is 1. The highest BCUT2D eigenvalue weighted by molar-refractivity contribution is 5.81. The monoisotopic (exact) mass is 395 g/mol. The van der Waals surface area contributed by atoms with Crippen molar-refractivity contribution in [3.63, 3.8) is 0 Å². The number of para-hydroxylation sites is 1. The van der Waals surface area contributed by atoms with E-state index in [4.69, 9.17) is 4.74 Å². The van der Waals surface area contributed by atoms with Gasteiger partial charge in [-0.15, -0.1) is 0 Å². The smallest absolute Gasteiger partial charge is 0.225 e. The quantitative estimate of drug-likeness (QED) is 0.796. The number of hydrogen-bond donors (Lipinski definition) is 1. The maximum absolute atomic E-state index is 12.8. The molecular formula is C24H33N3O2. The summed E-state index contributed by atoms with van der Waals surface area (Å²) in [6.45, 7) is 8.68. The van der Waals surface area contributed by atoms with Crippen LogP contribution in [0.1, 0.15) is 50.9 Å². The van der Waals surface area contributed by atoms with Crippen LogP contribution in [0.25, 0.3) is 0 Å². The maximum Gasteiger partial charge on any atom is 0.225 e. The number of hydrogen-bond acceptors (Lipinski definition) is 4. The van der Waals surface area contributed by atoms with Gasteiger partial charge < -0.3 is 10.1 Å². The van der Waals surface area contributed by atoms with Crippen LogP contribution in [0, 0.1) is 11.3 Å². The van der Waals surface area contributed by atoms with Crippen molar-refractivity contribution in [1.82, 2.24) is 15.2 Å². The number of rotatable bonds is 6. The minimum atomic E-state index is -0.432. The average molecular weight is 396 g/mol. The number of piperidine rings is 1. The molecule has 1 aliphatic heterocycles. The third-order valence-electron chi connectivity index (χ3n) is 5.57. The van der Waals surface area contributed by atoms with Crippen molar-refractivity contribution in [3.8, 4) is 5.75 Å². The van der Waals surface area contributed by atoms with Crippen molar-refractivity contribution < 1.29 is 9.53 Å². The first-order chi connectivity index (χ1) is 13.9. The summed E-state index contributed by atoms with van der Waals surface area (Å²) in [5, 5.41) is 3.30. The summed E-state index contributed by atoms with van der Waals surface area (Å²) < 4.78 is 5.53. The summed E-state index contributed by atoms with van der Waals surface area (Å²) in [6.07, 6.45) is 3.99. The van der Waals surface area contributed by atoms with E-state index in [9.17, 15) is 4.79 Å². The zero-order chi connectivity index (χ0) is 20.9. The van der Waals surface area contributed by atoms with Gasteiger partial charge in [0.2, 0.25) is 5.91 Å². The Bertz CT molecular complexity index is 801. The Hall–Kier alpha value is -2.40. The lowest BCUT2D eigenvalue weighted by atomic mass is 9.86. The summed E-state index contributed by atoms with van der Waals surface area (Å²) in [5.74, 6) is 1.31. The van der Waals surface area contributed by atoms with E-state index < -0.39 is 5.41 Å². The Morgan fingerprint density at radius 1 is 1.24 bits per heavy atom. The predicted molar refractivity (Wildman–Crippen MR) is 116 cm³/mol. The second-order valence-electron chi connectivity index (χ2n) is 8.91. The van der Waals surface area contributed by atoms with Crippen LogP contribution in [0.2, 0.25) is 0 Å². The minimum Gasteiger partial charge on any atom is -0.496 e. The van der Waals surface area contributed by atoms with Crippen molar-refractivity contribution in [1.29, 1.82) is 0 Å². The molecule has 29 heavy (non-hydrogen) atoms. The fourth-order valence-electron chi connectivity index (χ4n) is 3.93. The standard InChI is InChI=1S/C24H33N3O2/c1-24(2,3)23(28)26-22(20-12-7-8-14-25-20)19-11-9-15-27(17-19)16-18-10-5-6-13-21(18)29-4/h5-8,10,12-14,19,22H,9,11,15-17H2,1-4H3,(H,26,28). The van der Waals surface area contributed by atoms with E-state index in [-0.39, 0.29) is 11.9 Å². The zero-order valence-corrected chi connectivity index (χ0v) is 18.0. The van der Waals surface area contributed by atoms with E-state index in [1.54, 1.807) is 13.3 Å². The van der Waals surface area contributed by atoms with Gasteiger partial charge in [0.25, 0.3) is 0 Å². The molecule has 0 radical (unpaired) electrons. The first kappa shape index (κ1) is 21.3. The number of nitrogens with one attached hydrogen (secondary N) is 1. The molecule has 3 rings (SSSR count). The first-order valence-electron chi connectivity index (χ1n) is 10.4. The van der Waals surface area contributed by atoms with Crippen LogP contribution < -0.4 is 10.1 Å². The maximum atomic E-state index is 12.8. The van der Waals surface area contributed by atoms with Gasteiger partial charge in [-0.3, -0.25) is 14.7 Å². The second-order valence-corrected chi connectivity index (χ2v) is 8.91.